The van der Waals surface area contributed by atoms with Crippen LogP contribution in [0.3, 0.4) is 0 Å². The molecule has 1 aromatic heterocycles. The number of rotatable bonds is 5. The van der Waals surface area contributed by atoms with Crippen LogP contribution < -0.4 is 5.32 Å². The van der Waals surface area contributed by atoms with Crippen molar-refractivity contribution in [2.45, 2.75) is 13.5 Å². The van der Waals surface area contributed by atoms with Crippen LogP contribution in [0.4, 0.5) is 0 Å². The van der Waals surface area contributed by atoms with Gasteiger partial charge in [-0.05, 0) is 34.5 Å². The summed E-state index contributed by atoms with van der Waals surface area (Å²) >= 11 is 3.35. The van der Waals surface area contributed by atoms with Crippen LogP contribution in [0.1, 0.15) is 12.5 Å². The lowest BCUT2D eigenvalue weighted by atomic mass is 10.3. The van der Waals surface area contributed by atoms with E-state index in [1.807, 2.05) is 13.0 Å². The Morgan fingerprint density at radius 2 is 2.31 bits per heavy atom. The number of nitrogens with zero attached hydrogens (tertiary/aromatic N) is 2. The second-order valence-electron chi connectivity index (χ2n) is 3.52. The predicted molar refractivity (Wildman–Crippen MR) is 67.0 cm³/mol. The first kappa shape index (κ1) is 13.1. The molecule has 1 aromatic rings. The molecule has 0 bridgehead atoms. The third kappa shape index (κ3) is 4.28. The van der Waals surface area contributed by atoms with Crippen LogP contribution in [0.2, 0.25) is 0 Å². The van der Waals surface area contributed by atoms with E-state index in [1.54, 1.807) is 24.3 Å². The average molecular weight is 286 g/mol. The van der Waals surface area contributed by atoms with E-state index in [0.29, 0.717) is 13.1 Å². The third-order valence-electron chi connectivity index (χ3n) is 2.27. The molecular weight excluding hydrogens is 270 g/mol. The molecule has 0 spiro atoms. The zero-order valence-corrected chi connectivity index (χ0v) is 11.1. The SMILES string of the molecule is CCN(C)C(=O)CNCc1cncc(Br)c1. The monoisotopic (exact) mass is 285 g/mol. The van der Waals surface area contributed by atoms with Crippen LogP contribution in [0, 0.1) is 0 Å². The maximum absolute atomic E-state index is 11.5. The first-order valence-corrected chi connectivity index (χ1v) is 5.97. The van der Waals surface area contributed by atoms with Crippen molar-refractivity contribution in [2.24, 2.45) is 0 Å². The van der Waals surface area contributed by atoms with Gasteiger partial charge < -0.3 is 10.2 Å². The maximum atomic E-state index is 11.5. The molecule has 5 heteroatoms. The summed E-state index contributed by atoms with van der Waals surface area (Å²) in [5, 5.41) is 3.09. The summed E-state index contributed by atoms with van der Waals surface area (Å²) in [7, 11) is 1.80. The van der Waals surface area contributed by atoms with Gasteiger partial charge in [0.05, 0.1) is 6.54 Å². The molecule has 4 nitrogen and oxygen atoms in total. The van der Waals surface area contributed by atoms with Crippen LogP contribution >= 0.6 is 15.9 Å². The Balaban J connectivity index is 2.33. The third-order valence-corrected chi connectivity index (χ3v) is 2.70. The Morgan fingerprint density at radius 3 is 2.94 bits per heavy atom. The smallest absolute Gasteiger partial charge is 0.236 e. The van der Waals surface area contributed by atoms with E-state index in [2.05, 4.69) is 26.2 Å². The van der Waals surface area contributed by atoms with Gasteiger partial charge in [0.15, 0.2) is 0 Å². The van der Waals surface area contributed by atoms with E-state index >= 15 is 0 Å². The Bertz CT molecular complexity index is 357. The summed E-state index contributed by atoms with van der Waals surface area (Å²) in [6.45, 7) is 3.70. The van der Waals surface area contributed by atoms with Crippen molar-refractivity contribution < 1.29 is 4.79 Å². The first-order valence-electron chi connectivity index (χ1n) is 5.17. The summed E-state index contributed by atoms with van der Waals surface area (Å²) in [5.74, 6) is 0.102. The van der Waals surface area contributed by atoms with Crippen LogP contribution in [0.15, 0.2) is 22.9 Å². The summed E-state index contributed by atoms with van der Waals surface area (Å²) in [5.41, 5.74) is 1.06. The van der Waals surface area contributed by atoms with Crippen LogP contribution in [0.25, 0.3) is 0 Å². The Labute approximate surface area is 104 Å². The van der Waals surface area contributed by atoms with Gasteiger partial charge in [0.1, 0.15) is 0 Å². The molecule has 1 heterocycles. The molecule has 0 saturated carbocycles. The molecule has 16 heavy (non-hydrogen) atoms. The Kier molecular flexibility index (Phi) is 5.42. The van der Waals surface area contributed by atoms with Gasteiger partial charge >= 0.3 is 0 Å². The lowest BCUT2D eigenvalue weighted by molar-refractivity contribution is -0.128. The topological polar surface area (TPSA) is 45.2 Å². The second kappa shape index (κ2) is 6.60. The number of carbonyl (C=O) groups excluding carboxylic acids is 1. The van der Waals surface area contributed by atoms with Gasteiger partial charge in [0, 0.05) is 37.0 Å². The van der Waals surface area contributed by atoms with Crippen molar-refractivity contribution in [3.63, 3.8) is 0 Å². The van der Waals surface area contributed by atoms with Crippen LogP contribution in [-0.4, -0.2) is 35.9 Å². The van der Waals surface area contributed by atoms with Crippen molar-refractivity contribution >= 4 is 21.8 Å². The minimum absolute atomic E-state index is 0.102. The summed E-state index contributed by atoms with van der Waals surface area (Å²) < 4.78 is 0.948. The molecule has 1 N–H and O–H groups in total. The average Bonchev–Trinajstić information content (AvgIpc) is 2.28. The molecule has 88 valence electrons. The molecule has 0 aliphatic heterocycles. The largest absolute Gasteiger partial charge is 0.345 e. The Morgan fingerprint density at radius 1 is 1.56 bits per heavy atom. The highest BCUT2D eigenvalue weighted by atomic mass is 79.9. The van der Waals surface area contributed by atoms with E-state index in [9.17, 15) is 4.79 Å². The highest BCUT2D eigenvalue weighted by Crippen LogP contribution is 2.08. The fourth-order valence-corrected chi connectivity index (χ4v) is 1.59. The number of hydrogen-bond donors (Lipinski definition) is 1. The summed E-state index contributed by atoms with van der Waals surface area (Å²) in [4.78, 5) is 17.2. The van der Waals surface area contributed by atoms with Gasteiger partial charge in [0.25, 0.3) is 0 Å². The minimum Gasteiger partial charge on any atom is -0.345 e. The molecule has 0 saturated heterocycles. The number of hydrogen-bond acceptors (Lipinski definition) is 3. The molecule has 0 aliphatic carbocycles. The van der Waals surface area contributed by atoms with E-state index in [0.717, 1.165) is 16.6 Å². The van der Waals surface area contributed by atoms with Gasteiger partial charge in [-0.15, -0.1) is 0 Å². The Hall–Kier alpha value is -0.940. The molecule has 0 fully saturated rings. The van der Waals surface area contributed by atoms with Gasteiger partial charge in [-0.1, -0.05) is 0 Å². The fourth-order valence-electron chi connectivity index (χ4n) is 1.18. The van der Waals surface area contributed by atoms with Gasteiger partial charge in [-0.3, -0.25) is 9.78 Å². The molecule has 0 atom stereocenters. The fraction of sp³-hybridized carbons (Fsp3) is 0.455. The van der Waals surface area contributed by atoms with Gasteiger partial charge in [-0.2, -0.15) is 0 Å². The standard InChI is InChI=1S/C11H16BrN3O/c1-3-15(2)11(16)8-14-6-9-4-10(12)7-13-5-9/h4-5,7,14H,3,6,8H2,1-2H3. The number of aromatic nitrogens is 1. The zero-order valence-electron chi connectivity index (χ0n) is 9.53. The first-order chi connectivity index (χ1) is 7.63. The van der Waals surface area contributed by atoms with Gasteiger partial charge in [0.2, 0.25) is 5.91 Å². The van der Waals surface area contributed by atoms with Crippen molar-refractivity contribution in [1.82, 2.24) is 15.2 Å². The van der Waals surface area contributed by atoms with Crippen LogP contribution in [-0.2, 0) is 11.3 Å². The molecule has 0 radical (unpaired) electrons. The molecule has 1 amide bonds. The number of likely N-dealkylation sites (N-methyl/N-ethyl adjacent to an activating group) is 1. The van der Waals surface area contributed by atoms with E-state index < -0.39 is 0 Å². The van der Waals surface area contributed by atoms with E-state index in [-0.39, 0.29) is 5.91 Å². The molecule has 0 aromatic carbocycles. The number of nitrogens with one attached hydrogen (secondary N) is 1. The number of amides is 1. The molecular formula is C11H16BrN3O. The molecule has 1 rings (SSSR count). The van der Waals surface area contributed by atoms with Crippen molar-refractivity contribution in [3.8, 4) is 0 Å². The van der Waals surface area contributed by atoms with Crippen molar-refractivity contribution in [1.29, 1.82) is 0 Å². The number of carbonyl (C=O) groups is 1. The van der Waals surface area contributed by atoms with Crippen molar-refractivity contribution in [3.05, 3.63) is 28.5 Å². The number of halogens is 1. The highest BCUT2D eigenvalue weighted by Gasteiger charge is 2.05. The predicted octanol–water partition coefficient (Wildman–Crippen LogP) is 1.41. The summed E-state index contributed by atoms with van der Waals surface area (Å²) in [6.07, 6.45) is 3.52. The number of pyridine rings is 1. The minimum atomic E-state index is 0.102. The maximum Gasteiger partial charge on any atom is 0.236 e. The van der Waals surface area contributed by atoms with E-state index in [1.165, 1.54) is 0 Å². The summed E-state index contributed by atoms with van der Waals surface area (Å²) in [6, 6.07) is 1.98. The lowest BCUT2D eigenvalue weighted by Crippen LogP contribution is -2.35. The quantitative estimate of drug-likeness (QED) is 0.890. The second-order valence-corrected chi connectivity index (χ2v) is 4.44. The van der Waals surface area contributed by atoms with Crippen molar-refractivity contribution in [2.75, 3.05) is 20.1 Å². The van der Waals surface area contributed by atoms with Gasteiger partial charge in [-0.25, -0.2) is 0 Å². The molecule has 0 aliphatic rings. The van der Waals surface area contributed by atoms with E-state index in [4.69, 9.17) is 0 Å². The zero-order chi connectivity index (χ0) is 12.0. The molecule has 0 unspecified atom stereocenters. The lowest BCUT2D eigenvalue weighted by Gasteiger charge is -2.14. The van der Waals surface area contributed by atoms with Crippen LogP contribution in [0.5, 0.6) is 0 Å². The normalized spacial score (nSPS) is 10.2. The highest BCUT2D eigenvalue weighted by molar-refractivity contribution is 9.10.